The maximum atomic E-state index is 12.2. The fourth-order valence-corrected chi connectivity index (χ4v) is 3.24. The van der Waals surface area contributed by atoms with Crippen LogP contribution in [0.15, 0.2) is 24.3 Å². The number of hydrogen-bond acceptors (Lipinski definition) is 3. The number of amides is 1. The molecule has 5 nitrogen and oxygen atoms in total. The van der Waals surface area contributed by atoms with Gasteiger partial charge >= 0.3 is 0 Å². The van der Waals surface area contributed by atoms with E-state index >= 15 is 0 Å². The second kappa shape index (κ2) is 7.13. The number of rotatable bonds is 6. The van der Waals surface area contributed by atoms with Crippen LogP contribution in [0.4, 0.5) is 5.69 Å². The van der Waals surface area contributed by atoms with E-state index < -0.39 is 16.1 Å². The van der Waals surface area contributed by atoms with Gasteiger partial charge in [0.2, 0.25) is 15.9 Å². The largest absolute Gasteiger partial charge is 0.352 e. The molecule has 2 atom stereocenters. The van der Waals surface area contributed by atoms with Crippen molar-refractivity contribution in [2.75, 3.05) is 10.6 Å². The second-order valence-corrected chi connectivity index (χ2v) is 7.33. The monoisotopic (exact) mass is 332 g/mol. The number of hydrogen-bond donors (Lipinski definition) is 1. The van der Waals surface area contributed by atoms with Gasteiger partial charge in [-0.15, -0.1) is 0 Å². The summed E-state index contributed by atoms with van der Waals surface area (Å²) in [7, 11) is -3.61. The van der Waals surface area contributed by atoms with Crippen molar-refractivity contribution >= 4 is 33.2 Å². The average molecular weight is 333 g/mol. The zero-order valence-electron chi connectivity index (χ0n) is 12.6. The number of anilines is 1. The van der Waals surface area contributed by atoms with Crippen molar-refractivity contribution in [1.82, 2.24) is 5.32 Å². The highest BCUT2D eigenvalue weighted by Gasteiger charge is 2.29. The summed E-state index contributed by atoms with van der Waals surface area (Å²) in [5.74, 6) is -0.338. The lowest BCUT2D eigenvalue weighted by Crippen LogP contribution is -2.49. The SMILES string of the molecule is CC[C@H](C)NC(=O)[C@@H](C)N(c1cccc(Cl)c1)S(C)(=O)=O. The topological polar surface area (TPSA) is 66.5 Å². The first-order chi connectivity index (χ1) is 9.66. The molecule has 0 spiro atoms. The molecule has 1 rings (SSSR count). The lowest BCUT2D eigenvalue weighted by Gasteiger charge is -2.29. The number of benzene rings is 1. The molecule has 1 amide bonds. The molecule has 0 unspecified atom stereocenters. The number of nitrogens with zero attached hydrogens (tertiary/aromatic N) is 1. The number of carbonyl (C=O) groups is 1. The normalized spacial score (nSPS) is 14.3. The van der Waals surface area contributed by atoms with E-state index in [2.05, 4.69) is 5.32 Å². The Bertz CT molecular complexity index is 604. The number of nitrogens with one attached hydrogen (secondary N) is 1. The van der Waals surface area contributed by atoms with Crippen molar-refractivity contribution in [3.63, 3.8) is 0 Å². The highest BCUT2D eigenvalue weighted by atomic mass is 35.5. The lowest BCUT2D eigenvalue weighted by molar-refractivity contribution is -0.122. The van der Waals surface area contributed by atoms with Gasteiger partial charge < -0.3 is 5.32 Å². The molecule has 21 heavy (non-hydrogen) atoms. The molecule has 1 N–H and O–H groups in total. The van der Waals surface area contributed by atoms with Gasteiger partial charge in [0.1, 0.15) is 6.04 Å². The van der Waals surface area contributed by atoms with Crippen LogP contribution in [-0.2, 0) is 14.8 Å². The molecule has 0 radical (unpaired) electrons. The van der Waals surface area contributed by atoms with Gasteiger partial charge in [0.05, 0.1) is 11.9 Å². The van der Waals surface area contributed by atoms with Gasteiger partial charge in [-0.25, -0.2) is 8.42 Å². The first-order valence-corrected chi connectivity index (χ1v) is 8.94. The van der Waals surface area contributed by atoms with Crippen molar-refractivity contribution in [3.8, 4) is 0 Å². The maximum absolute atomic E-state index is 12.2. The Balaban J connectivity index is 3.13. The van der Waals surface area contributed by atoms with Crippen molar-refractivity contribution in [2.45, 2.75) is 39.3 Å². The molecule has 0 bridgehead atoms. The first-order valence-electron chi connectivity index (χ1n) is 6.72. The van der Waals surface area contributed by atoms with Gasteiger partial charge in [-0.05, 0) is 38.5 Å². The molecule has 0 aliphatic rings. The van der Waals surface area contributed by atoms with E-state index in [0.29, 0.717) is 10.7 Å². The Morgan fingerprint density at radius 2 is 2.00 bits per heavy atom. The zero-order valence-corrected chi connectivity index (χ0v) is 14.2. The van der Waals surface area contributed by atoms with Crippen molar-refractivity contribution in [1.29, 1.82) is 0 Å². The van der Waals surface area contributed by atoms with Crippen molar-refractivity contribution in [2.24, 2.45) is 0 Å². The predicted molar refractivity (Wildman–Crippen MR) is 86.1 cm³/mol. The molecule has 0 saturated carbocycles. The quantitative estimate of drug-likeness (QED) is 0.870. The molecule has 1 aromatic carbocycles. The van der Waals surface area contributed by atoms with E-state index in [1.54, 1.807) is 25.1 Å². The molecule has 118 valence electrons. The molecule has 0 heterocycles. The molecular formula is C14H21ClN2O3S. The van der Waals surface area contributed by atoms with Gasteiger partial charge in [0.15, 0.2) is 0 Å². The molecule has 7 heteroatoms. The lowest BCUT2D eigenvalue weighted by atomic mass is 10.2. The molecule has 0 aliphatic heterocycles. The minimum atomic E-state index is -3.61. The third-order valence-electron chi connectivity index (χ3n) is 3.15. The van der Waals surface area contributed by atoms with E-state index in [-0.39, 0.29) is 11.9 Å². The fourth-order valence-electron chi connectivity index (χ4n) is 1.89. The summed E-state index contributed by atoms with van der Waals surface area (Å²) in [6, 6.07) is 5.56. The van der Waals surface area contributed by atoms with Crippen LogP contribution in [0.1, 0.15) is 27.2 Å². The fraction of sp³-hybridized carbons (Fsp3) is 0.500. The molecule has 0 aliphatic carbocycles. The van der Waals surface area contributed by atoms with E-state index in [0.717, 1.165) is 17.0 Å². The van der Waals surface area contributed by atoms with Gasteiger partial charge in [-0.2, -0.15) is 0 Å². The van der Waals surface area contributed by atoms with Gasteiger partial charge in [0, 0.05) is 11.1 Å². The van der Waals surface area contributed by atoms with Crippen LogP contribution in [0.2, 0.25) is 5.02 Å². The summed E-state index contributed by atoms with van der Waals surface area (Å²) >= 11 is 5.91. The van der Waals surface area contributed by atoms with E-state index in [1.807, 2.05) is 13.8 Å². The van der Waals surface area contributed by atoms with E-state index in [9.17, 15) is 13.2 Å². The highest BCUT2D eigenvalue weighted by molar-refractivity contribution is 7.92. The Morgan fingerprint density at radius 1 is 1.38 bits per heavy atom. The summed E-state index contributed by atoms with van der Waals surface area (Å²) in [4.78, 5) is 12.2. The van der Waals surface area contributed by atoms with Crippen LogP contribution in [-0.4, -0.2) is 32.7 Å². The Hall–Kier alpha value is -1.27. The minimum absolute atomic E-state index is 0.0132. The first kappa shape index (κ1) is 17.8. The summed E-state index contributed by atoms with van der Waals surface area (Å²) in [6.07, 6.45) is 1.84. The molecule has 1 aromatic rings. The summed E-state index contributed by atoms with van der Waals surface area (Å²) in [6.45, 7) is 5.37. The standard InChI is InChI=1S/C14H21ClN2O3S/c1-5-10(2)16-14(18)11(3)17(21(4,19)20)13-8-6-7-12(15)9-13/h6-11H,5H2,1-4H3,(H,16,18)/t10-,11+/m0/s1. The Labute approximate surface area is 131 Å². The van der Waals surface area contributed by atoms with Gasteiger partial charge in [-0.3, -0.25) is 9.10 Å². The van der Waals surface area contributed by atoms with Crippen LogP contribution in [0.3, 0.4) is 0 Å². The summed E-state index contributed by atoms with van der Waals surface area (Å²) < 4.78 is 25.2. The molecule has 0 fully saturated rings. The highest BCUT2D eigenvalue weighted by Crippen LogP contribution is 2.24. The second-order valence-electron chi connectivity index (χ2n) is 5.03. The summed E-state index contributed by atoms with van der Waals surface area (Å²) in [5, 5.41) is 3.20. The third-order valence-corrected chi connectivity index (χ3v) is 4.63. The van der Waals surface area contributed by atoms with E-state index in [1.165, 1.54) is 6.07 Å². The predicted octanol–water partition coefficient (Wildman–Crippen LogP) is 2.41. The zero-order chi connectivity index (χ0) is 16.2. The number of carbonyl (C=O) groups excluding carboxylic acids is 1. The van der Waals surface area contributed by atoms with Crippen LogP contribution in [0.5, 0.6) is 0 Å². The van der Waals surface area contributed by atoms with Gasteiger partial charge in [-0.1, -0.05) is 24.6 Å². The van der Waals surface area contributed by atoms with Gasteiger partial charge in [0.25, 0.3) is 0 Å². The molecule has 0 saturated heterocycles. The van der Waals surface area contributed by atoms with Crippen molar-refractivity contribution in [3.05, 3.63) is 29.3 Å². The molecular weight excluding hydrogens is 312 g/mol. The summed E-state index contributed by atoms with van der Waals surface area (Å²) in [5.41, 5.74) is 0.372. The minimum Gasteiger partial charge on any atom is -0.352 e. The maximum Gasteiger partial charge on any atom is 0.243 e. The number of halogens is 1. The Morgan fingerprint density at radius 3 is 2.48 bits per heavy atom. The van der Waals surface area contributed by atoms with Crippen LogP contribution >= 0.6 is 11.6 Å². The average Bonchev–Trinajstić information content (AvgIpc) is 2.36. The van der Waals surface area contributed by atoms with Crippen LogP contribution in [0, 0.1) is 0 Å². The van der Waals surface area contributed by atoms with Crippen molar-refractivity contribution < 1.29 is 13.2 Å². The Kier molecular flexibility index (Phi) is 6.04. The third kappa shape index (κ3) is 4.89. The molecule has 0 aromatic heterocycles. The number of sulfonamides is 1. The smallest absolute Gasteiger partial charge is 0.243 e. The van der Waals surface area contributed by atoms with E-state index in [4.69, 9.17) is 11.6 Å². The van der Waals surface area contributed by atoms with Crippen LogP contribution in [0.25, 0.3) is 0 Å². The van der Waals surface area contributed by atoms with Crippen LogP contribution < -0.4 is 9.62 Å².